The Kier molecular flexibility index (Phi) is 4.16. The number of aromatic amines is 1. The number of benzene rings is 2. The molecule has 2 N–H and O–H groups in total. The third-order valence-electron chi connectivity index (χ3n) is 4.08. The van der Waals surface area contributed by atoms with Crippen LogP contribution in [-0.2, 0) is 12.8 Å². The Bertz CT molecular complexity index is 938. The van der Waals surface area contributed by atoms with E-state index < -0.39 is 0 Å². The van der Waals surface area contributed by atoms with Gasteiger partial charge >= 0.3 is 0 Å². The summed E-state index contributed by atoms with van der Waals surface area (Å²) in [5, 5.41) is 7.26. The molecule has 2 aromatic carbocycles. The molecule has 0 spiro atoms. The molecule has 126 valence electrons. The van der Waals surface area contributed by atoms with Crippen LogP contribution in [0, 0.1) is 0 Å². The number of nitrogens with one attached hydrogen (secondary N) is 2. The first-order valence-corrected chi connectivity index (χ1v) is 8.42. The average molecular weight is 333 g/mol. The van der Waals surface area contributed by atoms with E-state index in [1.165, 1.54) is 5.56 Å². The van der Waals surface area contributed by atoms with Crippen molar-refractivity contribution in [2.45, 2.75) is 19.8 Å². The average Bonchev–Trinajstić information content (AvgIpc) is 3.29. The number of nitrogens with zero attached hydrogens (tertiary/aromatic N) is 3. The van der Waals surface area contributed by atoms with Gasteiger partial charge in [-0.15, -0.1) is 0 Å². The molecular weight excluding hydrogens is 314 g/mol. The number of aryl methyl sites for hydroxylation is 1. The topological polar surface area (TPSA) is 79.6 Å². The van der Waals surface area contributed by atoms with Crippen molar-refractivity contribution in [3.8, 4) is 11.5 Å². The molecule has 0 bridgehead atoms. The van der Waals surface area contributed by atoms with E-state index in [4.69, 9.17) is 4.52 Å². The first kappa shape index (κ1) is 15.4. The Morgan fingerprint density at radius 3 is 2.64 bits per heavy atom. The Labute approximate surface area is 145 Å². The summed E-state index contributed by atoms with van der Waals surface area (Å²) in [6.07, 6.45) is 1.68. The second-order valence-corrected chi connectivity index (χ2v) is 5.85. The van der Waals surface area contributed by atoms with Crippen LogP contribution in [0.4, 0.5) is 5.95 Å². The van der Waals surface area contributed by atoms with Crippen LogP contribution < -0.4 is 5.32 Å². The first-order valence-electron chi connectivity index (χ1n) is 8.42. The number of anilines is 1. The number of hydrogen-bond acceptors (Lipinski definition) is 5. The predicted molar refractivity (Wildman–Crippen MR) is 97.4 cm³/mol. The van der Waals surface area contributed by atoms with Crippen LogP contribution in [0.1, 0.15) is 18.3 Å². The van der Waals surface area contributed by atoms with Crippen molar-refractivity contribution < 1.29 is 4.52 Å². The summed E-state index contributed by atoms with van der Waals surface area (Å²) in [4.78, 5) is 12.1. The minimum atomic E-state index is 0.573. The van der Waals surface area contributed by atoms with E-state index in [0.29, 0.717) is 5.89 Å². The maximum atomic E-state index is 5.26. The summed E-state index contributed by atoms with van der Waals surface area (Å²) in [6.45, 7) is 2.81. The molecule has 2 heterocycles. The van der Waals surface area contributed by atoms with Crippen molar-refractivity contribution >= 4 is 17.0 Å². The van der Waals surface area contributed by atoms with Crippen molar-refractivity contribution in [2.75, 3.05) is 11.9 Å². The van der Waals surface area contributed by atoms with Gasteiger partial charge in [0.25, 0.3) is 5.89 Å². The van der Waals surface area contributed by atoms with Crippen LogP contribution >= 0.6 is 0 Å². The third kappa shape index (κ3) is 3.38. The lowest BCUT2D eigenvalue weighted by Crippen LogP contribution is -2.05. The molecule has 0 saturated carbocycles. The predicted octanol–water partition coefficient (Wildman–Crippen LogP) is 3.83. The monoisotopic (exact) mass is 333 g/mol. The Balaban J connectivity index is 1.36. The van der Waals surface area contributed by atoms with Crippen molar-refractivity contribution in [1.82, 2.24) is 20.1 Å². The molecule has 2 aromatic heterocycles. The Morgan fingerprint density at radius 1 is 1.04 bits per heavy atom. The van der Waals surface area contributed by atoms with Gasteiger partial charge in [0.1, 0.15) is 0 Å². The second kappa shape index (κ2) is 6.76. The highest BCUT2D eigenvalue weighted by Crippen LogP contribution is 2.18. The van der Waals surface area contributed by atoms with E-state index in [2.05, 4.69) is 37.6 Å². The van der Waals surface area contributed by atoms with Crippen LogP contribution in [0.15, 0.2) is 53.1 Å². The minimum absolute atomic E-state index is 0.573. The molecule has 0 amide bonds. The SMILES string of the molecule is CCc1noc(-c2ccc(CCNc3nc4ccccc4[nH]3)cc2)n1. The van der Waals surface area contributed by atoms with Gasteiger partial charge < -0.3 is 14.8 Å². The molecular formula is C19H19N5O. The van der Waals surface area contributed by atoms with Crippen molar-refractivity contribution in [3.05, 3.63) is 59.9 Å². The van der Waals surface area contributed by atoms with Gasteiger partial charge in [0, 0.05) is 18.5 Å². The zero-order chi connectivity index (χ0) is 17.1. The van der Waals surface area contributed by atoms with Crippen LogP contribution in [0.2, 0.25) is 0 Å². The zero-order valence-electron chi connectivity index (χ0n) is 14.0. The van der Waals surface area contributed by atoms with Crippen molar-refractivity contribution in [2.24, 2.45) is 0 Å². The third-order valence-corrected chi connectivity index (χ3v) is 4.08. The van der Waals surface area contributed by atoms with E-state index in [1.54, 1.807) is 0 Å². The van der Waals surface area contributed by atoms with Crippen LogP contribution in [0.3, 0.4) is 0 Å². The summed E-state index contributed by atoms with van der Waals surface area (Å²) in [5.41, 5.74) is 4.20. The molecule has 0 atom stereocenters. The fourth-order valence-electron chi connectivity index (χ4n) is 2.69. The normalized spacial score (nSPS) is 11.1. The lowest BCUT2D eigenvalue weighted by molar-refractivity contribution is 0.423. The van der Waals surface area contributed by atoms with E-state index in [1.807, 2.05) is 43.3 Å². The van der Waals surface area contributed by atoms with Crippen LogP contribution in [-0.4, -0.2) is 26.7 Å². The molecule has 0 saturated heterocycles. The summed E-state index contributed by atoms with van der Waals surface area (Å²) >= 11 is 0. The smallest absolute Gasteiger partial charge is 0.257 e. The molecule has 0 aliphatic heterocycles. The van der Waals surface area contributed by atoms with E-state index in [0.717, 1.165) is 47.8 Å². The number of imidazole rings is 1. The van der Waals surface area contributed by atoms with Crippen molar-refractivity contribution in [1.29, 1.82) is 0 Å². The number of H-pyrrole nitrogens is 1. The summed E-state index contributed by atoms with van der Waals surface area (Å²) < 4.78 is 5.26. The molecule has 25 heavy (non-hydrogen) atoms. The molecule has 0 unspecified atom stereocenters. The summed E-state index contributed by atoms with van der Waals surface area (Å²) in [7, 11) is 0. The first-order chi connectivity index (χ1) is 12.3. The van der Waals surface area contributed by atoms with E-state index in [-0.39, 0.29) is 0 Å². The fourth-order valence-corrected chi connectivity index (χ4v) is 2.69. The van der Waals surface area contributed by atoms with Gasteiger partial charge in [-0.3, -0.25) is 0 Å². The van der Waals surface area contributed by atoms with Gasteiger partial charge in [-0.25, -0.2) is 4.98 Å². The largest absolute Gasteiger partial charge is 0.355 e. The molecule has 0 fully saturated rings. The van der Waals surface area contributed by atoms with Crippen molar-refractivity contribution in [3.63, 3.8) is 0 Å². The Hall–Kier alpha value is -3.15. The molecule has 4 aromatic rings. The fraction of sp³-hybridized carbons (Fsp3) is 0.211. The molecule has 6 heteroatoms. The number of para-hydroxylation sites is 2. The number of rotatable bonds is 6. The van der Waals surface area contributed by atoms with Gasteiger partial charge in [0.05, 0.1) is 11.0 Å². The Morgan fingerprint density at radius 2 is 1.88 bits per heavy atom. The zero-order valence-corrected chi connectivity index (χ0v) is 14.0. The summed E-state index contributed by atoms with van der Waals surface area (Å²) in [5.74, 6) is 2.11. The molecule has 0 radical (unpaired) electrons. The van der Waals surface area contributed by atoms with Gasteiger partial charge in [-0.2, -0.15) is 4.98 Å². The quantitative estimate of drug-likeness (QED) is 0.560. The lowest BCUT2D eigenvalue weighted by atomic mass is 10.1. The maximum absolute atomic E-state index is 5.26. The van der Waals surface area contributed by atoms with E-state index in [9.17, 15) is 0 Å². The highest BCUT2D eigenvalue weighted by atomic mass is 16.5. The second-order valence-electron chi connectivity index (χ2n) is 5.85. The number of fused-ring (bicyclic) bond motifs is 1. The van der Waals surface area contributed by atoms with Crippen LogP contribution in [0.5, 0.6) is 0 Å². The highest BCUT2D eigenvalue weighted by molar-refractivity contribution is 5.77. The minimum Gasteiger partial charge on any atom is -0.355 e. The van der Waals surface area contributed by atoms with Gasteiger partial charge in [-0.05, 0) is 36.2 Å². The molecule has 0 aliphatic carbocycles. The highest BCUT2D eigenvalue weighted by Gasteiger charge is 2.07. The molecule has 6 nitrogen and oxygen atoms in total. The maximum Gasteiger partial charge on any atom is 0.257 e. The number of hydrogen-bond donors (Lipinski definition) is 2. The van der Waals surface area contributed by atoms with Gasteiger partial charge in [0.2, 0.25) is 5.95 Å². The molecule has 0 aliphatic rings. The van der Waals surface area contributed by atoms with Crippen LogP contribution in [0.25, 0.3) is 22.5 Å². The van der Waals surface area contributed by atoms with E-state index >= 15 is 0 Å². The molecule has 4 rings (SSSR count). The van der Waals surface area contributed by atoms with Gasteiger partial charge in [-0.1, -0.05) is 36.3 Å². The standard InChI is InChI=1S/C19H19N5O/c1-2-17-23-18(25-24-17)14-9-7-13(8-10-14)11-12-20-19-21-15-5-3-4-6-16(15)22-19/h3-10H,2,11-12H2,1H3,(H2,20,21,22). The lowest BCUT2D eigenvalue weighted by Gasteiger charge is -2.04. The van der Waals surface area contributed by atoms with Gasteiger partial charge in [0.15, 0.2) is 5.82 Å². The summed E-state index contributed by atoms with van der Waals surface area (Å²) in [6, 6.07) is 16.2. The number of aromatic nitrogens is 4.